The number of nitrogens with one attached hydrogen (secondary N) is 1. The van der Waals surface area contributed by atoms with Crippen LogP contribution in [0, 0.1) is 11.8 Å². The first-order valence-electron chi connectivity index (χ1n) is 6.18. The Morgan fingerprint density at radius 3 is 2.90 bits per heavy atom. The fourth-order valence-corrected chi connectivity index (χ4v) is 2.70. The Balaban J connectivity index is 2.09. The maximum Gasteiger partial charge on any atom is 0.243 e. The molecule has 1 aromatic carbocycles. The molecule has 0 atom stereocenters. The third kappa shape index (κ3) is 4.16. The van der Waals surface area contributed by atoms with Gasteiger partial charge in [-0.25, -0.2) is 13.1 Å². The van der Waals surface area contributed by atoms with Gasteiger partial charge in [0, 0.05) is 25.4 Å². The van der Waals surface area contributed by atoms with Crippen molar-refractivity contribution in [3.63, 3.8) is 0 Å². The summed E-state index contributed by atoms with van der Waals surface area (Å²) in [4.78, 5) is 0.126. The molecule has 21 heavy (non-hydrogen) atoms. The standard InChI is InChI=1S/C14H15N3O3S/c1-17-11-14(10-15-17)21(19,20)16-9-13-5-2-4-12(8-13)6-3-7-18/h2,4-5,8,10-11,16,18H,7,9H2,1H3. The van der Waals surface area contributed by atoms with Gasteiger partial charge in [0.1, 0.15) is 11.5 Å². The maximum atomic E-state index is 12.1. The number of hydrogen-bond acceptors (Lipinski definition) is 4. The molecule has 0 spiro atoms. The van der Waals surface area contributed by atoms with Gasteiger partial charge in [-0.1, -0.05) is 24.0 Å². The van der Waals surface area contributed by atoms with Gasteiger partial charge >= 0.3 is 0 Å². The Kier molecular flexibility index (Phi) is 4.75. The molecule has 0 unspecified atom stereocenters. The normalized spacial score (nSPS) is 11.0. The summed E-state index contributed by atoms with van der Waals surface area (Å²) in [6, 6.07) is 7.15. The van der Waals surface area contributed by atoms with E-state index in [4.69, 9.17) is 5.11 Å². The van der Waals surface area contributed by atoms with Crippen LogP contribution in [0.3, 0.4) is 0 Å². The predicted octanol–water partition coefficient (Wildman–Crippen LogP) is 0.242. The summed E-state index contributed by atoms with van der Waals surface area (Å²) >= 11 is 0. The van der Waals surface area contributed by atoms with Crippen LogP contribution in [-0.2, 0) is 23.6 Å². The monoisotopic (exact) mass is 305 g/mol. The van der Waals surface area contributed by atoms with Crippen molar-refractivity contribution < 1.29 is 13.5 Å². The van der Waals surface area contributed by atoms with E-state index in [2.05, 4.69) is 21.7 Å². The lowest BCUT2D eigenvalue weighted by atomic mass is 10.1. The smallest absolute Gasteiger partial charge is 0.243 e. The third-order valence-electron chi connectivity index (χ3n) is 2.70. The van der Waals surface area contributed by atoms with Gasteiger partial charge in [-0.3, -0.25) is 4.68 Å². The molecule has 110 valence electrons. The Morgan fingerprint density at radius 1 is 1.43 bits per heavy atom. The summed E-state index contributed by atoms with van der Waals surface area (Å²) in [5.74, 6) is 5.32. The van der Waals surface area contributed by atoms with Crippen molar-refractivity contribution in [1.82, 2.24) is 14.5 Å². The van der Waals surface area contributed by atoms with E-state index in [1.807, 2.05) is 0 Å². The lowest BCUT2D eigenvalue weighted by Gasteiger charge is -2.05. The quantitative estimate of drug-likeness (QED) is 0.793. The van der Waals surface area contributed by atoms with Crippen molar-refractivity contribution in [3.8, 4) is 11.8 Å². The summed E-state index contributed by atoms with van der Waals surface area (Å²) < 4.78 is 28.0. The number of nitrogens with zero attached hydrogens (tertiary/aromatic N) is 2. The molecule has 0 saturated heterocycles. The highest BCUT2D eigenvalue weighted by Gasteiger charge is 2.15. The fourth-order valence-electron chi connectivity index (χ4n) is 1.70. The fraction of sp³-hybridized carbons (Fsp3) is 0.214. The number of rotatable bonds is 4. The van der Waals surface area contributed by atoms with E-state index in [0.717, 1.165) is 11.1 Å². The van der Waals surface area contributed by atoms with Crippen molar-refractivity contribution in [3.05, 3.63) is 47.8 Å². The summed E-state index contributed by atoms with van der Waals surface area (Å²) in [6.45, 7) is -0.0518. The number of benzene rings is 1. The molecule has 1 heterocycles. The molecule has 1 aromatic heterocycles. The molecule has 6 nitrogen and oxygen atoms in total. The topological polar surface area (TPSA) is 84.2 Å². The molecule has 7 heteroatoms. The minimum Gasteiger partial charge on any atom is -0.384 e. The highest BCUT2D eigenvalue weighted by atomic mass is 32.2. The summed E-state index contributed by atoms with van der Waals surface area (Å²) in [7, 11) is -1.92. The van der Waals surface area contributed by atoms with E-state index in [-0.39, 0.29) is 18.0 Å². The van der Waals surface area contributed by atoms with Crippen LogP contribution >= 0.6 is 0 Å². The van der Waals surface area contributed by atoms with Crippen molar-refractivity contribution in [1.29, 1.82) is 0 Å². The first-order chi connectivity index (χ1) is 10.0. The molecule has 0 bridgehead atoms. The number of aryl methyl sites for hydroxylation is 1. The van der Waals surface area contributed by atoms with Crippen LogP contribution in [0.4, 0.5) is 0 Å². The molecule has 0 saturated carbocycles. The molecule has 0 radical (unpaired) electrons. The molecular formula is C14H15N3O3S. The molecule has 0 aliphatic rings. The molecule has 0 aliphatic carbocycles. The lowest BCUT2D eigenvalue weighted by molar-refractivity contribution is 0.350. The van der Waals surface area contributed by atoms with Crippen molar-refractivity contribution in [2.45, 2.75) is 11.4 Å². The van der Waals surface area contributed by atoms with Crippen molar-refractivity contribution >= 4 is 10.0 Å². The van der Waals surface area contributed by atoms with E-state index >= 15 is 0 Å². The Hall–Kier alpha value is -2.14. The average Bonchev–Trinajstić information content (AvgIpc) is 2.91. The molecule has 0 fully saturated rings. The van der Waals surface area contributed by atoms with Crippen LogP contribution in [0.25, 0.3) is 0 Å². The minimum atomic E-state index is -3.58. The second kappa shape index (κ2) is 6.54. The number of aliphatic hydroxyl groups excluding tert-OH is 1. The lowest BCUT2D eigenvalue weighted by Crippen LogP contribution is -2.22. The predicted molar refractivity (Wildman–Crippen MR) is 77.6 cm³/mol. The van der Waals surface area contributed by atoms with E-state index < -0.39 is 10.0 Å². The van der Waals surface area contributed by atoms with Gasteiger partial charge in [0.15, 0.2) is 0 Å². The number of aliphatic hydroxyl groups is 1. The van der Waals surface area contributed by atoms with Crippen LogP contribution in [0.2, 0.25) is 0 Å². The summed E-state index contributed by atoms with van der Waals surface area (Å²) in [5, 5.41) is 12.5. The summed E-state index contributed by atoms with van der Waals surface area (Å²) in [5.41, 5.74) is 1.51. The van der Waals surface area contributed by atoms with Crippen LogP contribution in [-0.4, -0.2) is 29.9 Å². The van der Waals surface area contributed by atoms with Crippen LogP contribution in [0.5, 0.6) is 0 Å². The molecule has 2 N–H and O–H groups in total. The Morgan fingerprint density at radius 2 is 2.24 bits per heavy atom. The van der Waals surface area contributed by atoms with Gasteiger partial charge < -0.3 is 5.11 Å². The minimum absolute atomic E-state index is 0.126. The van der Waals surface area contributed by atoms with E-state index in [0.29, 0.717) is 0 Å². The largest absolute Gasteiger partial charge is 0.384 e. The van der Waals surface area contributed by atoms with Gasteiger partial charge in [-0.05, 0) is 17.7 Å². The number of aromatic nitrogens is 2. The van der Waals surface area contributed by atoms with Crippen LogP contribution in [0.1, 0.15) is 11.1 Å². The van der Waals surface area contributed by atoms with Crippen molar-refractivity contribution in [2.24, 2.45) is 7.05 Å². The molecule has 2 aromatic rings. The molecule has 0 aliphatic heterocycles. The van der Waals surface area contributed by atoms with Gasteiger partial charge in [0.2, 0.25) is 10.0 Å². The second-order valence-electron chi connectivity index (χ2n) is 4.33. The SMILES string of the molecule is Cn1cc(S(=O)(=O)NCc2cccc(C#CCO)c2)cn1. The third-order valence-corrected chi connectivity index (χ3v) is 4.05. The second-order valence-corrected chi connectivity index (χ2v) is 6.10. The van der Waals surface area contributed by atoms with Crippen LogP contribution in [0.15, 0.2) is 41.6 Å². The zero-order valence-electron chi connectivity index (χ0n) is 11.4. The van der Waals surface area contributed by atoms with E-state index in [1.165, 1.54) is 17.1 Å². The zero-order valence-corrected chi connectivity index (χ0v) is 12.3. The Bertz CT molecular complexity index is 785. The molecule has 2 rings (SSSR count). The first-order valence-corrected chi connectivity index (χ1v) is 7.66. The van der Waals surface area contributed by atoms with Gasteiger partial charge in [0.05, 0.1) is 6.20 Å². The Labute approximate surface area is 123 Å². The van der Waals surface area contributed by atoms with Crippen molar-refractivity contribution in [2.75, 3.05) is 6.61 Å². The van der Waals surface area contributed by atoms with E-state index in [9.17, 15) is 8.42 Å². The molecular weight excluding hydrogens is 290 g/mol. The first kappa shape index (κ1) is 15.3. The van der Waals surface area contributed by atoms with E-state index in [1.54, 1.807) is 31.3 Å². The molecule has 0 amide bonds. The highest BCUT2D eigenvalue weighted by molar-refractivity contribution is 7.89. The summed E-state index contributed by atoms with van der Waals surface area (Å²) in [6.07, 6.45) is 2.73. The van der Waals surface area contributed by atoms with Gasteiger partial charge in [-0.15, -0.1) is 0 Å². The average molecular weight is 305 g/mol. The highest BCUT2D eigenvalue weighted by Crippen LogP contribution is 2.09. The number of sulfonamides is 1. The number of hydrogen-bond donors (Lipinski definition) is 2. The van der Waals surface area contributed by atoms with Gasteiger partial charge in [-0.2, -0.15) is 5.10 Å². The van der Waals surface area contributed by atoms with Crippen LogP contribution < -0.4 is 4.72 Å². The van der Waals surface area contributed by atoms with Gasteiger partial charge in [0.25, 0.3) is 0 Å². The zero-order chi connectivity index (χ0) is 15.3. The maximum absolute atomic E-state index is 12.1.